The second-order valence-corrected chi connectivity index (χ2v) is 17.1. The predicted octanol–water partition coefficient (Wildman–Crippen LogP) is 15.7. The Kier molecular flexibility index (Phi) is 6.26. The predicted molar refractivity (Wildman–Crippen MR) is 266 cm³/mol. The number of aromatic hydroxyl groups is 1. The number of imidazole rings is 1. The molecule has 0 unspecified atom stereocenters. The van der Waals surface area contributed by atoms with E-state index in [1.165, 1.54) is 10.6 Å². The van der Waals surface area contributed by atoms with Crippen molar-refractivity contribution >= 4 is 11.0 Å². The first kappa shape index (κ1) is 22.6. The van der Waals surface area contributed by atoms with E-state index >= 15 is 0 Å². The molecule has 6 aromatic carbocycles. The molecule has 0 amide bonds. The summed E-state index contributed by atoms with van der Waals surface area (Å²) >= 11 is 0. The van der Waals surface area contributed by atoms with Crippen molar-refractivity contribution in [2.24, 2.45) is 5.92 Å². The Labute approximate surface area is 435 Å². The molecule has 0 spiro atoms. The molecule has 0 saturated carbocycles. The van der Waals surface area contributed by atoms with Crippen LogP contribution in [0.5, 0.6) is 5.75 Å². The van der Waals surface area contributed by atoms with Gasteiger partial charge in [-0.1, -0.05) is 177 Å². The quantitative estimate of drug-likeness (QED) is 0.154. The Morgan fingerprint density at radius 3 is 2.11 bits per heavy atom. The van der Waals surface area contributed by atoms with E-state index in [0.29, 0.717) is 29.2 Å². The normalized spacial score (nSPS) is 20.0. The maximum absolute atomic E-state index is 13.1. The summed E-state index contributed by atoms with van der Waals surface area (Å²) < 4.78 is 246. The van der Waals surface area contributed by atoms with Gasteiger partial charge in [0.05, 0.1) is 31.9 Å². The van der Waals surface area contributed by atoms with Crippen LogP contribution in [-0.4, -0.2) is 19.6 Å². The minimum absolute atomic E-state index is 0. The van der Waals surface area contributed by atoms with E-state index in [1.807, 2.05) is 40.7 Å². The van der Waals surface area contributed by atoms with Crippen molar-refractivity contribution in [2.75, 3.05) is 0 Å². The summed E-state index contributed by atoms with van der Waals surface area (Å²) in [5.41, 5.74) is -12.9. The number of aromatic nitrogens is 3. The fourth-order valence-corrected chi connectivity index (χ4v) is 7.56. The van der Waals surface area contributed by atoms with Crippen LogP contribution in [-0.2, 0) is 43.7 Å². The molecule has 64 heavy (non-hydrogen) atoms. The van der Waals surface area contributed by atoms with Gasteiger partial charge in [-0.05, 0) is 93.6 Å². The summed E-state index contributed by atoms with van der Waals surface area (Å²) in [5.74, 6) is -1.96. The number of rotatable bonds is 8. The van der Waals surface area contributed by atoms with Gasteiger partial charge in [-0.3, -0.25) is 9.55 Å². The first-order valence-corrected chi connectivity index (χ1v) is 20.2. The zero-order valence-corrected chi connectivity index (χ0v) is 37.8. The van der Waals surface area contributed by atoms with Crippen molar-refractivity contribution in [3.05, 3.63) is 167 Å². The Morgan fingerprint density at radius 1 is 0.703 bits per heavy atom. The van der Waals surface area contributed by atoms with Crippen molar-refractivity contribution < 1.29 is 64.6 Å². The zero-order valence-electron chi connectivity index (χ0n) is 63.5. The van der Waals surface area contributed by atoms with E-state index in [1.54, 1.807) is 66.7 Å². The first-order chi connectivity index (χ1) is 41.4. The molecule has 330 valence electrons. The molecule has 4 nitrogen and oxygen atoms in total. The van der Waals surface area contributed by atoms with Gasteiger partial charge in [-0.2, -0.15) is 0 Å². The molecule has 0 bridgehead atoms. The number of hydrogen-bond acceptors (Lipinski definition) is 3. The molecule has 0 radical (unpaired) electrons. The topological polar surface area (TPSA) is 50.9 Å². The Bertz CT molecular complexity index is 4060. The fourth-order valence-electron chi connectivity index (χ4n) is 7.56. The van der Waals surface area contributed by atoms with E-state index in [0.717, 1.165) is 5.56 Å². The summed E-state index contributed by atoms with van der Waals surface area (Å²) in [6.45, 7) is -18.8. The van der Waals surface area contributed by atoms with Crippen molar-refractivity contribution in [2.45, 2.75) is 105 Å². The minimum Gasteiger partial charge on any atom is -0.507 e. The van der Waals surface area contributed by atoms with Crippen LogP contribution in [0.15, 0.2) is 133 Å². The summed E-state index contributed by atoms with van der Waals surface area (Å²) in [4.78, 5) is 9.39. The van der Waals surface area contributed by atoms with Gasteiger partial charge in [0.1, 0.15) is 11.6 Å². The van der Waals surface area contributed by atoms with Gasteiger partial charge < -0.3 is 5.11 Å². The van der Waals surface area contributed by atoms with Gasteiger partial charge in [0.25, 0.3) is 0 Å². The zero-order chi connectivity index (χ0) is 68.6. The molecular weight excluding hydrogens is 962 g/mol. The third kappa shape index (κ3) is 9.45. The number of phenolic OH excluding ortho intramolecular Hbond substituents is 1. The smallest absolute Gasteiger partial charge is 0.148 e. The molecule has 0 aliphatic rings. The van der Waals surface area contributed by atoms with Gasteiger partial charge in [-0.25, -0.2) is 4.98 Å². The molecule has 0 atom stereocenters. The van der Waals surface area contributed by atoms with Crippen molar-refractivity contribution in [3.8, 4) is 67.5 Å². The number of pyridine rings is 1. The first-order valence-electron chi connectivity index (χ1n) is 34.2. The summed E-state index contributed by atoms with van der Waals surface area (Å²) in [6.07, 6.45) is -0.266. The standard InChI is InChI=1S/C59H62N3O.Pt/c1-37(2)29-39-23-26-52(48(30-39)41-17-14-13-15-18-41)62-53-20-16-19-47(54(53)61-56(62)49-35-46(58(7,8)9)36-50(55(49)63)59(10,11)12)43-31-44(33-45(32-43)57(4,5)6)51-34-42(27-28-60-51)40-24-21-38(3)22-25-40;/h13-28,30,32-37,63H,29H2,1-12H3;/q-1;/i3D3,7D3,8D3,9D3,10D3,11D3,12D3,21D,22D,24D,25D,27D,28D,34D;. The molecule has 0 fully saturated rings. The van der Waals surface area contributed by atoms with Crippen molar-refractivity contribution in [1.82, 2.24) is 14.5 Å². The van der Waals surface area contributed by atoms with E-state index < -0.39 is 152 Å². The van der Waals surface area contributed by atoms with Gasteiger partial charge >= 0.3 is 0 Å². The number of fused-ring (bicyclic) bond motifs is 1. The van der Waals surface area contributed by atoms with Crippen molar-refractivity contribution in [3.63, 3.8) is 0 Å². The fraction of sp³-hybridized carbons (Fsp3) is 0.288. The minimum atomic E-state index is -4.25. The summed E-state index contributed by atoms with van der Waals surface area (Å²) in [5, 5.41) is 13.1. The van der Waals surface area contributed by atoms with Crippen LogP contribution < -0.4 is 0 Å². The second-order valence-electron chi connectivity index (χ2n) is 17.1. The maximum atomic E-state index is 13.1. The maximum Gasteiger partial charge on any atom is 0.148 e. The molecule has 5 heteroatoms. The number of para-hydroxylation sites is 1. The molecule has 0 aliphatic carbocycles. The van der Waals surface area contributed by atoms with Crippen LogP contribution in [0.4, 0.5) is 0 Å². The Balaban J connectivity index is 0.0000120. The van der Waals surface area contributed by atoms with Gasteiger partial charge in [0, 0.05) is 72.8 Å². The third-order valence-electron chi connectivity index (χ3n) is 10.7. The number of benzene rings is 6. The van der Waals surface area contributed by atoms with Crippen LogP contribution in [0.25, 0.3) is 72.7 Å². The number of phenols is 1. The molecule has 8 rings (SSSR count). The van der Waals surface area contributed by atoms with E-state index in [-0.39, 0.29) is 72.2 Å². The van der Waals surface area contributed by atoms with Crippen LogP contribution in [0.2, 0.25) is 0 Å². The monoisotopic (exact) mass is 1050 g/mol. The van der Waals surface area contributed by atoms with E-state index in [2.05, 4.69) is 11.1 Å². The summed E-state index contributed by atoms with van der Waals surface area (Å²) in [7, 11) is 0. The average molecular weight is 1050 g/mol. The van der Waals surface area contributed by atoms with Crippen LogP contribution in [0.3, 0.4) is 0 Å². The molecule has 8 aromatic rings. The Hall–Kier alpha value is -5.57. The third-order valence-corrected chi connectivity index (χ3v) is 10.7. The Morgan fingerprint density at radius 2 is 1.42 bits per heavy atom. The molecule has 0 saturated heterocycles. The van der Waals surface area contributed by atoms with Crippen LogP contribution >= 0.6 is 0 Å². The van der Waals surface area contributed by atoms with Gasteiger partial charge in [0.15, 0.2) is 0 Å². The number of nitrogens with zero attached hydrogens (tertiary/aromatic N) is 3. The van der Waals surface area contributed by atoms with Gasteiger partial charge in [-0.15, -0.1) is 29.3 Å². The largest absolute Gasteiger partial charge is 0.507 e. The molecular formula is C59H62N3OPt-. The number of hydrogen-bond donors (Lipinski definition) is 1. The molecule has 2 heterocycles. The van der Waals surface area contributed by atoms with Crippen LogP contribution in [0.1, 0.15) is 142 Å². The van der Waals surface area contributed by atoms with Crippen LogP contribution in [0, 0.1) is 18.8 Å². The van der Waals surface area contributed by atoms with Gasteiger partial charge in [0.2, 0.25) is 0 Å². The molecule has 0 aliphatic heterocycles. The van der Waals surface area contributed by atoms with E-state index in [4.69, 9.17) is 42.0 Å². The molecule has 1 N–H and O–H groups in total. The SMILES string of the molecule is [2H]c1nc(-c2[c-]c(-c3cccc4c3nc(-c3cc(C(C([2H])([2H])[2H])(C([2H])([2H])[2H])C([2H])([2H])[2H])cc(C(C([2H])([2H])[2H])(C([2H])([2H])[2H])C([2H])([2H])[2H])c3O)n4-c3ccc(CC(C)C)cc3-c3ccccc3)cc(C(C)(C)C)c2)c([2H])c(-c2c([2H])c([2H])c(C([2H])([2H])[2H])c([2H])c2[2H])c1[2H].[Pt]. The summed E-state index contributed by atoms with van der Waals surface area (Å²) in [6, 6.07) is 20.7. The van der Waals surface area contributed by atoms with Crippen molar-refractivity contribution in [1.29, 1.82) is 0 Å². The van der Waals surface area contributed by atoms with E-state index in [9.17, 15) is 6.48 Å². The second kappa shape index (κ2) is 17.8. The molecule has 2 aromatic heterocycles. The average Bonchev–Trinajstić information content (AvgIpc) is 0.779.